The van der Waals surface area contributed by atoms with Crippen LogP contribution < -0.4 is 21.1 Å². The molecule has 3 aromatic rings. The number of anilines is 3. The number of hydrogen-bond acceptors (Lipinski definition) is 9. The van der Waals surface area contributed by atoms with E-state index in [1.807, 2.05) is 0 Å². The van der Waals surface area contributed by atoms with Crippen LogP contribution in [0.3, 0.4) is 0 Å². The molecule has 0 bridgehead atoms. The lowest BCUT2D eigenvalue weighted by Crippen LogP contribution is -2.20. The number of alkyl halides is 3. The highest BCUT2D eigenvalue weighted by atomic mass is 32.2. The number of ether oxygens (including phenoxy) is 1. The van der Waals surface area contributed by atoms with Crippen LogP contribution in [0.4, 0.5) is 30.6 Å². The Hall–Kier alpha value is -3.18. The Morgan fingerprint density at radius 3 is 2.31 bits per heavy atom. The Kier molecular flexibility index (Phi) is 7.39. The van der Waals surface area contributed by atoms with Gasteiger partial charge in [-0.15, -0.1) is 0 Å². The molecular formula is C22H25F3N5O4PS. The molecule has 0 saturated carbocycles. The minimum atomic E-state index is -5.04. The molecule has 0 atom stereocenters. The summed E-state index contributed by atoms with van der Waals surface area (Å²) in [5.74, 6) is -1.56. The zero-order valence-electron chi connectivity index (χ0n) is 20.1. The molecule has 0 spiro atoms. The quantitative estimate of drug-likeness (QED) is 0.417. The summed E-state index contributed by atoms with van der Waals surface area (Å²) in [5.41, 5.74) is 3.37. The van der Waals surface area contributed by atoms with E-state index in [-0.39, 0.29) is 27.3 Å². The number of pyridine rings is 1. The molecule has 0 amide bonds. The van der Waals surface area contributed by atoms with Gasteiger partial charge in [-0.3, -0.25) is 0 Å². The summed E-state index contributed by atoms with van der Waals surface area (Å²) >= 11 is 0. The highest BCUT2D eigenvalue weighted by Gasteiger charge is 2.41. The van der Waals surface area contributed by atoms with Gasteiger partial charge in [-0.25, -0.2) is 18.4 Å². The summed E-state index contributed by atoms with van der Waals surface area (Å²) in [5, 5.41) is 1.71. The van der Waals surface area contributed by atoms with Gasteiger partial charge in [0.15, 0.2) is 9.84 Å². The van der Waals surface area contributed by atoms with Crippen LogP contribution in [0.1, 0.15) is 19.4 Å². The molecule has 2 aromatic heterocycles. The predicted molar refractivity (Wildman–Crippen MR) is 132 cm³/mol. The fraction of sp³-hybridized carbons (Fsp3) is 0.318. The van der Waals surface area contributed by atoms with E-state index in [4.69, 9.17) is 10.5 Å². The van der Waals surface area contributed by atoms with Gasteiger partial charge in [-0.2, -0.15) is 18.2 Å². The zero-order valence-corrected chi connectivity index (χ0v) is 21.8. The van der Waals surface area contributed by atoms with E-state index in [0.717, 1.165) is 0 Å². The van der Waals surface area contributed by atoms with Crippen molar-refractivity contribution < 1.29 is 30.9 Å². The molecule has 0 fully saturated rings. The maximum atomic E-state index is 14.5. The molecule has 36 heavy (non-hydrogen) atoms. The van der Waals surface area contributed by atoms with Crippen molar-refractivity contribution >= 4 is 39.7 Å². The molecule has 0 aliphatic rings. The number of nitrogens with zero attached hydrogens (tertiary/aromatic N) is 3. The number of aromatic nitrogens is 3. The maximum absolute atomic E-state index is 14.5. The number of para-hydroxylation sites is 1. The van der Waals surface area contributed by atoms with Gasteiger partial charge in [0.2, 0.25) is 11.8 Å². The second-order valence-electron chi connectivity index (χ2n) is 8.43. The average Bonchev–Trinajstić information content (AvgIpc) is 2.76. The van der Waals surface area contributed by atoms with Crippen LogP contribution in [0.5, 0.6) is 5.88 Å². The Balaban J connectivity index is 2.40. The number of benzene rings is 1. The van der Waals surface area contributed by atoms with E-state index in [1.54, 1.807) is 0 Å². The summed E-state index contributed by atoms with van der Waals surface area (Å²) < 4.78 is 87.5. The molecule has 3 rings (SSSR count). The number of halogens is 3. The molecule has 0 aliphatic carbocycles. The fourth-order valence-corrected chi connectivity index (χ4v) is 5.84. The molecule has 3 N–H and O–H groups in total. The smallest absolute Gasteiger partial charge is 0.422 e. The van der Waals surface area contributed by atoms with Crippen molar-refractivity contribution in [2.24, 2.45) is 0 Å². The minimum absolute atomic E-state index is 0.0479. The van der Waals surface area contributed by atoms with Crippen molar-refractivity contribution in [2.45, 2.75) is 30.2 Å². The number of sulfone groups is 1. The Labute approximate surface area is 206 Å². The van der Waals surface area contributed by atoms with E-state index in [0.29, 0.717) is 0 Å². The van der Waals surface area contributed by atoms with Crippen molar-refractivity contribution in [3.8, 4) is 17.1 Å². The molecule has 0 unspecified atom stereocenters. The first kappa shape index (κ1) is 27.4. The zero-order chi connectivity index (χ0) is 27.1. The third-order valence-electron chi connectivity index (χ3n) is 5.18. The van der Waals surface area contributed by atoms with Crippen LogP contribution >= 0.6 is 7.14 Å². The predicted octanol–water partition coefficient (Wildman–Crippen LogP) is 4.32. The van der Waals surface area contributed by atoms with Gasteiger partial charge in [-0.1, -0.05) is 12.1 Å². The van der Waals surface area contributed by atoms with Gasteiger partial charge in [0.25, 0.3) is 0 Å². The van der Waals surface area contributed by atoms with Crippen molar-refractivity contribution in [1.82, 2.24) is 15.0 Å². The number of nitrogen functional groups attached to an aromatic ring is 1. The average molecular weight is 544 g/mol. The van der Waals surface area contributed by atoms with E-state index in [9.17, 15) is 26.2 Å². The number of nitrogens with one attached hydrogen (secondary N) is 1. The first-order valence-corrected chi connectivity index (χ1v) is 14.7. The first-order chi connectivity index (χ1) is 16.6. The maximum Gasteiger partial charge on any atom is 0.422 e. The number of nitrogens with two attached hydrogens (primary N) is 1. The van der Waals surface area contributed by atoms with Crippen LogP contribution in [0.25, 0.3) is 11.3 Å². The Morgan fingerprint density at radius 1 is 1.11 bits per heavy atom. The highest BCUT2D eigenvalue weighted by Crippen LogP contribution is 2.47. The topological polar surface area (TPSA) is 137 Å². The van der Waals surface area contributed by atoms with E-state index in [2.05, 4.69) is 20.3 Å². The second-order valence-corrected chi connectivity index (χ2v) is 14.1. The molecule has 2 heterocycles. The summed E-state index contributed by atoms with van der Waals surface area (Å²) in [6, 6.07) is 6.85. The van der Waals surface area contributed by atoms with Crippen molar-refractivity contribution in [2.75, 3.05) is 31.5 Å². The van der Waals surface area contributed by atoms with Crippen LogP contribution in [-0.2, 0) is 20.6 Å². The lowest BCUT2D eigenvalue weighted by atomic mass is 10.1. The summed E-state index contributed by atoms with van der Waals surface area (Å²) in [4.78, 5) is 11.3. The van der Waals surface area contributed by atoms with Gasteiger partial charge in [0.05, 0.1) is 34.2 Å². The molecule has 14 heteroatoms. The molecule has 0 saturated heterocycles. The molecule has 1 aromatic carbocycles. The lowest BCUT2D eigenvalue weighted by molar-refractivity contribution is -0.136. The molecule has 0 radical (unpaired) electrons. The van der Waals surface area contributed by atoms with Gasteiger partial charge in [-0.05, 0) is 45.4 Å². The van der Waals surface area contributed by atoms with Crippen LogP contribution in [-0.4, -0.2) is 49.1 Å². The summed E-state index contributed by atoms with van der Waals surface area (Å²) in [6.45, 7) is 5.68. The third-order valence-corrected chi connectivity index (χ3v) is 8.92. The molecule has 194 valence electrons. The summed E-state index contributed by atoms with van der Waals surface area (Å²) in [6.07, 6.45) is -3.78. The second kappa shape index (κ2) is 9.70. The van der Waals surface area contributed by atoms with Crippen LogP contribution in [0.2, 0.25) is 0 Å². The first-order valence-electron chi connectivity index (χ1n) is 10.5. The Morgan fingerprint density at radius 2 is 1.75 bits per heavy atom. The van der Waals surface area contributed by atoms with Crippen molar-refractivity contribution in [1.29, 1.82) is 0 Å². The highest BCUT2D eigenvalue weighted by molar-refractivity contribution is 7.92. The van der Waals surface area contributed by atoms with E-state index < -0.39 is 51.4 Å². The normalized spacial score (nSPS) is 12.6. The van der Waals surface area contributed by atoms with E-state index >= 15 is 0 Å². The summed E-state index contributed by atoms with van der Waals surface area (Å²) in [7, 11) is -5.83. The van der Waals surface area contributed by atoms with Gasteiger partial charge < -0.3 is 20.4 Å². The van der Waals surface area contributed by atoms with Crippen molar-refractivity contribution in [3.05, 3.63) is 42.1 Å². The Bertz CT molecular complexity index is 1460. The van der Waals surface area contributed by atoms with Gasteiger partial charge in [0.1, 0.15) is 18.5 Å². The van der Waals surface area contributed by atoms with Crippen LogP contribution in [0.15, 0.2) is 41.4 Å². The monoisotopic (exact) mass is 543 g/mol. The number of hydrogen-bond donors (Lipinski definition) is 2. The fourth-order valence-electron chi connectivity index (χ4n) is 3.48. The standard InChI is InChI=1S/C22H25F3N5O4PS/c1-12(2)36(32,33)15-9-7-6-8-13(15)28-19-17(22(23,24)25)18(29-21(26)30-19)16-14(35(4,5)31)10-11-27-20(16)34-3/h6-12H,1-5H3,(H3,26,28,29,30). The van der Waals surface area contributed by atoms with Gasteiger partial charge >= 0.3 is 6.18 Å². The SMILES string of the molecule is COc1nccc(P(C)(C)=O)c1-c1nc(N)nc(Nc2ccccc2S(=O)(=O)C(C)C)c1C(F)(F)F. The van der Waals surface area contributed by atoms with Gasteiger partial charge in [0, 0.05) is 11.5 Å². The number of rotatable bonds is 7. The third kappa shape index (κ3) is 5.31. The van der Waals surface area contributed by atoms with E-state index in [1.165, 1.54) is 70.8 Å². The molecule has 9 nitrogen and oxygen atoms in total. The lowest BCUT2D eigenvalue weighted by Gasteiger charge is -2.22. The largest absolute Gasteiger partial charge is 0.480 e. The molecule has 0 aliphatic heterocycles. The molecular weight excluding hydrogens is 518 g/mol. The minimum Gasteiger partial charge on any atom is -0.480 e. The van der Waals surface area contributed by atoms with Crippen molar-refractivity contribution in [3.63, 3.8) is 0 Å². The van der Waals surface area contributed by atoms with Crippen LogP contribution in [0, 0.1) is 0 Å². The number of methoxy groups -OCH3 is 1.